The molecular weight excluding hydrogens is 184 g/mol. The number of hydrogen-bond donors (Lipinski definition) is 0. The Morgan fingerprint density at radius 2 is 1.79 bits per heavy atom. The Labute approximate surface area is 83.6 Å². The van der Waals surface area contributed by atoms with Crippen LogP contribution < -0.4 is 0 Å². The number of ketones is 2. The number of Topliss-reactive ketones (excluding diaryl/α,β-unsaturated/α-hetero) is 2. The molecule has 0 aliphatic carbocycles. The van der Waals surface area contributed by atoms with Crippen LogP contribution in [0.5, 0.6) is 0 Å². The van der Waals surface area contributed by atoms with Crippen LogP contribution in [0.2, 0.25) is 0 Å². The van der Waals surface area contributed by atoms with Crippen molar-refractivity contribution < 1.29 is 19.1 Å². The van der Waals surface area contributed by atoms with Crippen LogP contribution in [0.25, 0.3) is 0 Å². The summed E-state index contributed by atoms with van der Waals surface area (Å²) in [6, 6.07) is 0. The Morgan fingerprint density at radius 3 is 2.14 bits per heavy atom. The average molecular weight is 200 g/mol. The van der Waals surface area contributed by atoms with Gasteiger partial charge in [0.25, 0.3) is 0 Å². The summed E-state index contributed by atoms with van der Waals surface area (Å²) >= 11 is 0. The van der Waals surface area contributed by atoms with E-state index < -0.39 is 11.9 Å². The zero-order valence-electron chi connectivity index (χ0n) is 8.83. The lowest BCUT2D eigenvalue weighted by Crippen LogP contribution is -2.26. The van der Waals surface area contributed by atoms with Crippen molar-refractivity contribution in [3.8, 4) is 0 Å². The maximum Gasteiger partial charge on any atom is 0.316 e. The Hall–Kier alpha value is -1.19. The van der Waals surface area contributed by atoms with Crippen LogP contribution in [0.3, 0.4) is 0 Å². The van der Waals surface area contributed by atoms with Gasteiger partial charge >= 0.3 is 5.97 Å². The van der Waals surface area contributed by atoms with Crippen molar-refractivity contribution in [2.75, 3.05) is 6.61 Å². The lowest BCUT2D eigenvalue weighted by molar-refractivity contribution is -0.152. The summed E-state index contributed by atoms with van der Waals surface area (Å²) in [4.78, 5) is 33.4. The van der Waals surface area contributed by atoms with Crippen LogP contribution in [0.4, 0.5) is 0 Å². The number of hydrogen-bond acceptors (Lipinski definition) is 4. The monoisotopic (exact) mass is 200 g/mol. The molecular formula is C10H16O4. The first kappa shape index (κ1) is 12.8. The number of carbonyl (C=O) groups is 3. The first-order valence-electron chi connectivity index (χ1n) is 4.71. The molecule has 0 aromatic rings. The fourth-order valence-corrected chi connectivity index (χ4v) is 1.01. The van der Waals surface area contributed by atoms with E-state index in [9.17, 15) is 14.4 Å². The van der Waals surface area contributed by atoms with Gasteiger partial charge in [0.2, 0.25) is 0 Å². The van der Waals surface area contributed by atoms with Gasteiger partial charge in [-0.05, 0) is 13.8 Å². The Morgan fingerprint density at radius 1 is 1.21 bits per heavy atom. The molecule has 4 nitrogen and oxygen atoms in total. The molecule has 0 aromatic heterocycles. The summed E-state index contributed by atoms with van der Waals surface area (Å²) in [7, 11) is 0. The third-order valence-corrected chi connectivity index (χ3v) is 1.89. The van der Waals surface area contributed by atoms with Crippen LogP contribution in [0.15, 0.2) is 0 Å². The van der Waals surface area contributed by atoms with E-state index in [1.807, 2.05) is 0 Å². The number of esters is 1. The van der Waals surface area contributed by atoms with Gasteiger partial charge in [-0.3, -0.25) is 14.4 Å². The molecule has 0 aliphatic heterocycles. The molecule has 0 bridgehead atoms. The molecule has 1 unspecified atom stereocenters. The first-order chi connectivity index (χ1) is 6.52. The van der Waals surface area contributed by atoms with E-state index in [2.05, 4.69) is 0 Å². The molecule has 0 aromatic carbocycles. The lowest BCUT2D eigenvalue weighted by atomic mass is 9.98. The highest BCUT2D eigenvalue weighted by molar-refractivity contribution is 6.01. The molecule has 0 saturated heterocycles. The maximum absolute atomic E-state index is 11.2. The molecule has 80 valence electrons. The van der Waals surface area contributed by atoms with E-state index in [-0.39, 0.29) is 24.6 Å². The molecule has 0 aliphatic rings. The minimum absolute atomic E-state index is 0.0370. The minimum Gasteiger partial charge on any atom is -0.465 e. The lowest BCUT2D eigenvalue weighted by Gasteiger charge is -2.10. The van der Waals surface area contributed by atoms with Crippen LogP contribution in [-0.2, 0) is 19.1 Å². The Bertz CT molecular complexity index is 232. The van der Waals surface area contributed by atoms with Crippen molar-refractivity contribution in [2.45, 2.75) is 33.6 Å². The summed E-state index contributed by atoms with van der Waals surface area (Å²) in [6.07, 6.45) is 0.299. The normalized spacial score (nSPS) is 11.9. The second-order valence-electron chi connectivity index (χ2n) is 3.01. The Balaban J connectivity index is 4.36. The van der Waals surface area contributed by atoms with Crippen LogP contribution in [0, 0.1) is 5.92 Å². The third kappa shape index (κ3) is 4.16. The molecule has 4 heteroatoms. The quantitative estimate of drug-likeness (QED) is 0.476. The van der Waals surface area contributed by atoms with E-state index in [4.69, 9.17) is 4.74 Å². The molecule has 14 heavy (non-hydrogen) atoms. The van der Waals surface area contributed by atoms with Gasteiger partial charge in [0.1, 0.15) is 17.5 Å². The summed E-state index contributed by atoms with van der Waals surface area (Å²) in [5, 5.41) is 0. The van der Waals surface area contributed by atoms with Crippen molar-refractivity contribution in [3.63, 3.8) is 0 Å². The van der Waals surface area contributed by atoms with Gasteiger partial charge in [-0.15, -0.1) is 0 Å². The zero-order chi connectivity index (χ0) is 11.1. The van der Waals surface area contributed by atoms with Gasteiger partial charge in [-0.1, -0.05) is 6.92 Å². The molecule has 0 fully saturated rings. The first-order valence-corrected chi connectivity index (χ1v) is 4.71. The molecule has 1 atom stereocenters. The van der Waals surface area contributed by atoms with Crippen LogP contribution >= 0.6 is 0 Å². The molecule has 0 N–H and O–H groups in total. The molecule has 0 rings (SSSR count). The van der Waals surface area contributed by atoms with E-state index in [1.54, 1.807) is 13.8 Å². The van der Waals surface area contributed by atoms with Gasteiger partial charge in [-0.2, -0.15) is 0 Å². The summed E-state index contributed by atoms with van der Waals surface area (Å²) in [5.74, 6) is -1.92. The van der Waals surface area contributed by atoms with Gasteiger partial charge in [-0.25, -0.2) is 0 Å². The highest BCUT2D eigenvalue weighted by atomic mass is 16.5. The SMILES string of the molecule is CCOC(=O)C(CC(=O)CC)C(C)=O. The Kier molecular flexibility index (Phi) is 5.76. The van der Waals surface area contributed by atoms with Crippen molar-refractivity contribution in [2.24, 2.45) is 5.92 Å². The summed E-state index contributed by atoms with van der Waals surface area (Å²) in [5.41, 5.74) is 0. The maximum atomic E-state index is 11.2. The van der Waals surface area contributed by atoms with Gasteiger partial charge in [0.05, 0.1) is 6.61 Å². The summed E-state index contributed by atoms with van der Waals surface area (Å²) in [6.45, 7) is 4.88. The number of rotatable bonds is 6. The molecule has 0 heterocycles. The van der Waals surface area contributed by atoms with Crippen molar-refractivity contribution >= 4 is 17.5 Å². The van der Waals surface area contributed by atoms with Crippen molar-refractivity contribution in [1.82, 2.24) is 0 Å². The van der Waals surface area contributed by atoms with Crippen LogP contribution in [-0.4, -0.2) is 24.1 Å². The van der Waals surface area contributed by atoms with Gasteiger partial charge in [0.15, 0.2) is 0 Å². The van der Waals surface area contributed by atoms with E-state index in [0.717, 1.165) is 0 Å². The van der Waals surface area contributed by atoms with Crippen molar-refractivity contribution in [1.29, 1.82) is 0 Å². The number of carbonyl (C=O) groups excluding carboxylic acids is 3. The fraction of sp³-hybridized carbons (Fsp3) is 0.700. The van der Waals surface area contributed by atoms with Gasteiger partial charge in [0, 0.05) is 12.8 Å². The second kappa shape index (κ2) is 6.29. The zero-order valence-corrected chi connectivity index (χ0v) is 8.83. The number of ether oxygens (including phenoxy) is 1. The van der Waals surface area contributed by atoms with Crippen molar-refractivity contribution in [3.05, 3.63) is 0 Å². The smallest absolute Gasteiger partial charge is 0.316 e. The molecule has 0 spiro atoms. The minimum atomic E-state index is -0.914. The topological polar surface area (TPSA) is 60.4 Å². The highest BCUT2D eigenvalue weighted by Gasteiger charge is 2.26. The van der Waals surface area contributed by atoms with E-state index in [1.165, 1.54) is 6.92 Å². The van der Waals surface area contributed by atoms with Gasteiger partial charge < -0.3 is 4.74 Å². The van der Waals surface area contributed by atoms with Crippen LogP contribution in [0.1, 0.15) is 33.6 Å². The molecule has 0 amide bonds. The second-order valence-corrected chi connectivity index (χ2v) is 3.01. The highest BCUT2D eigenvalue weighted by Crippen LogP contribution is 2.09. The molecule has 0 saturated carbocycles. The molecule has 0 radical (unpaired) electrons. The average Bonchev–Trinajstić information content (AvgIpc) is 2.13. The fourth-order valence-electron chi connectivity index (χ4n) is 1.01. The third-order valence-electron chi connectivity index (χ3n) is 1.89. The predicted octanol–water partition coefficient (Wildman–Crippen LogP) is 1.12. The largest absolute Gasteiger partial charge is 0.465 e. The van der Waals surface area contributed by atoms with E-state index in [0.29, 0.717) is 6.42 Å². The summed E-state index contributed by atoms with van der Waals surface area (Å²) < 4.78 is 4.70. The standard InChI is InChI=1S/C10H16O4/c1-4-8(12)6-9(7(3)11)10(13)14-5-2/h9H,4-6H2,1-3H3. The van der Waals surface area contributed by atoms with E-state index >= 15 is 0 Å². The predicted molar refractivity (Wildman–Crippen MR) is 50.7 cm³/mol.